The summed E-state index contributed by atoms with van der Waals surface area (Å²) in [6.45, 7) is -11.7. The zero-order chi connectivity index (χ0) is 14.4. The van der Waals surface area contributed by atoms with Crippen LogP contribution in [0.5, 0.6) is 0 Å². The van der Waals surface area contributed by atoms with Crippen LogP contribution in [0.2, 0.25) is 0 Å². The Morgan fingerprint density at radius 3 is 2.80 bits per heavy atom. The molecule has 0 aromatic carbocycles. The van der Waals surface area contributed by atoms with Gasteiger partial charge in [0, 0.05) is 24.4 Å². The first-order valence-corrected chi connectivity index (χ1v) is 3.47. The third-order valence-corrected chi connectivity index (χ3v) is 1.25. The van der Waals surface area contributed by atoms with Gasteiger partial charge in [0.1, 0.15) is 0 Å². The average Bonchev–Trinajstić information content (AvgIpc) is 2.13. The highest BCUT2D eigenvalue weighted by molar-refractivity contribution is 6.17. The lowest BCUT2D eigenvalue weighted by atomic mass is 10.4. The molecule has 10 heavy (non-hydrogen) atoms. The molecule has 0 radical (unpaired) electrons. The van der Waals surface area contributed by atoms with Gasteiger partial charge in [-0.3, -0.25) is 4.90 Å². The maximum absolute atomic E-state index is 7.64. The fourth-order valence-corrected chi connectivity index (χ4v) is 0.659. The third kappa shape index (κ3) is 2.86. The quantitative estimate of drug-likeness (QED) is 0.587. The van der Waals surface area contributed by atoms with Gasteiger partial charge in [-0.15, -0.1) is 11.6 Å². The SMILES string of the molecule is [2H]C1([2H])OC([2H])([2H])C([2H])([2H])N(CCCCl)C1([2H])[2H]. The normalized spacial score (nSPS) is 53.3. The molecule has 0 aromatic rings. The molecule has 1 aliphatic rings. The van der Waals surface area contributed by atoms with Crippen LogP contribution < -0.4 is 0 Å². The molecule has 1 fully saturated rings. The van der Waals surface area contributed by atoms with Gasteiger partial charge in [-0.05, 0) is 13.0 Å². The van der Waals surface area contributed by atoms with Crippen molar-refractivity contribution in [3.63, 3.8) is 0 Å². The average molecular weight is 172 g/mol. The lowest BCUT2D eigenvalue weighted by Gasteiger charge is -2.25. The van der Waals surface area contributed by atoms with Crippen molar-refractivity contribution in [2.45, 2.75) is 6.42 Å². The van der Waals surface area contributed by atoms with Crippen molar-refractivity contribution in [2.24, 2.45) is 0 Å². The number of ether oxygens (including phenoxy) is 1. The number of hydrogen-bond donors (Lipinski definition) is 0. The minimum absolute atomic E-state index is 0.134. The van der Waals surface area contributed by atoms with Gasteiger partial charge in [0.2, 0.25) is 0 Å². The summed E-state index contributed by atoms with van der Waals surface area (Å²) in [5.74, 6) is 0.134. The lowest BCUT2D eigenvalue weighted by molar-refractivity contribution is 0.0381. The zero-order valence-corrected chi connectivity index (χ0v) is 6.11. The van der Waals surface area contributed by atoms with Crippen LogP contribution in [-0.4, -0.2) is 43.4 Å². The minimum atomic E-state index is -2.96. The smallest absolute Gasteiger partial charge is 0.0594 e. The topological polar surface area (TPSA) is 12.5 Å². The largest absolute Gasteiger partial charge is 0.379 e. The van der Waals surface area contributed by atoms with Crippen molar-refractivity contribution < 1.29 is 15.7 Å². The van der Waals surface area contributed by atoms with E-state index < -0.39 is 26.1 Å². The first-order chi connectivity index (χ1) is 7.90. The maximum atomic E-state index is 7.64. The van der Waals surface area contributed by atoms with Gasteiger partial charge in [0.15, 0.2) is 0 Å². The van der Waals surface area contributed by atoms with E-state index in [1.807, 2.05) is 0 Å². The zero-order valence-electron chi connectivity index (χ0n) is 13.4. The van der Waals surface area contributed by atoms with E-state index in [4.69, 9.17) is 22.6 Å². The van der Waals surface area contributed by atoms with Gasteiger partial charge < -0.3 is 4.74 Å². The third-order valence-electron chi connectivity index (χ3n) is 0.979. The van der Waals surface area contributed by atoms with Crippen LogP contribution in [0.4, 0.5) is 0 Å². The summed E-state index contributed by atoms with van der Waals surface area (Å²) in [5, 5.41) is 0. The fourth-order valence-electron chi connectivity index (χ4n) is 0.539. The van der Waals surface area contributed by atoms with Gasteiger partial charge in [0.05, 0.1) is 18.6 Å². The monoisotopic (exact) mass is 171 g/mol. The molecule has 2 nitrogen and oxygen atoms in total. The second-order valence-electron chi connectivity index (χ2n) is 1.72. The van der Waals surface area contributed by atoms with E-state index in [1.54, 1.807) is 0 Å². The van der Waals surface area contributed by atoms with Gasteiger partial charge in [-0.2, -0.15) is 0 Å². The Balaban J connectivity index is 3.20. The summed E-state index contributed by atoms with van der Waals surface area (Å²) in [6.07, 6.45) is 0.201. The van der Waals surface area contributed by atoms with E-state index in [0.29, 0.717) is 4.90 Å². The van der Waals surface area contributed by atoms with Crippen LogP contribution in [0.25, 0.3) is 0 Å². The van der Waals surface area contributed by atoms with Crippen LogP contribution in [0.1, 0.15) is 17.4 Å². The molecule has 0 spiro atoms. The van der Waals surface area contributed by atoms with Gasteiger partial charge in [0.25, 0.3) is 0 Å². The predicted molar refractivity (Wildman–Crippen MR) is 42.6 cm³/mol. The van der Waals surface area contributed by atoms with Crippen LogP contribution in [0, 0.1) is 0 Å². The minimum Gasteiger partial charge on any atom is -0.379 e. The number of nitrogens with zero attached hydrogens (tertiary/aromatic N) is 1. The summed E-state index contributed by atoms with van der Waals surface area (Å²) in [6, 6.07) is 0. The number of halogens is 1. The molecule has 0 aliphatic carbocycles. The number of alkyl halides is 1. The molecule has 0 atom stereocenters. The molecule has 1 aliphatic heterocycles. The molecule has 60 valence electrons. The van der Waals surface area contributed by atoms with E-state index in [9.17, 15) is 0 Å². The van der Waals surface area contributed by atoms with Crippen molar-refractivity contribution in [1.82, 2.24) is 4.90 Å². The van der Waals surface area contributed by atoms with Crippen LogP contribution in [0.15, 0.2) is 0 Å². The highest BCUT2D eigenvalue weighted by atomic mass is 35.5. The molecule has 0 N–H and O–H groups in total. The maximum Gasteiger partial charge on any atom is 0.0594 e. The van der Waals surface area contributed by atoms with E-state index >= 15 is 0 Å². The summed E-state index contributed by atoms with van der Waals surface area (Å²) in [7, 11) is 0. The summed E-state index contributed by atoms with van der Waals surface area (Å²) < 4.78 is 64.6. The Bertz CT molecular complexity index is 297. The van der Waals surface area contributed by atoms with E-state index in [1.165, 1.54) is 0 Å². The molecule has 0 amide bonds. The highest BCUT2D eigenvalue weighted by Gasteiger charge is 2.08. The molecule has 0 bridgehead atoms. The Labute approximate surface area is 78.3 Å². The van der Waals surface area contributed by atoms with Crippen molar-refractivity contribution in [2.75, 3.05) is 38.5 Å². The number of rotatable bonds is 3. The second-order valence-corrected chi connectivity index (χ2v) is 2.10. The predicted octanol–water partition coefficient (Wildman–Crippen LogP) is 0.948. The van der Waals surface area contributed by atoms with Gasteiger partial charge in [-0.1, -0.05) is 0 Å². The Hall–Kier alpha value is 0.210. The molecule has 1 rings (SSSR count). The van der Waals surface area contributed by atoms with Gasteiger partial charge >= 0.3 is 0 Å². The molecule has 0 saturated carbocycles. The van der Waals surface area contributed by atoms with Crippen LogP contribution in [-0.2, 0) is 4.74 Å². The standard InChI is InChI=1S/C7H14ClNO/c8-2-1-3-9-4-6-10-7-5-9/h1-7H2/i4D2,5D2,6D2,7D2. The Kier molecular flexibility index (Phi) is 1.29. The highest BCUT2D eigenvalue weighted by Crippen LogP contribution is 1.98. The van der Waals surface area contributed by atoms with Crippen molar-refractivity contribution >= 4 is 11.6 Å². The fraction of sp³-hybridized carbons (Fsp3) is 1.00. The van der Waals surface area contributed by atoms with Crippen molar-refractivity contribution in [1.29, 1.82) is 0 Å². The Morgan fingerprint density at radius 2 is 2.20 bits per heavy atom. The number of morpholine rings is 1. The summed E-state index contributed by atoms with van der Waals surface area (Å²) in [5.41, 5.74) is 0. The molecular weight excluding hydrogens is 150 g/mol. The first-order valence-electron chi connectivity index (χ1n) is 6.94. The lowest BCUT2D eigenvalue weighted by Crippen LogP contribution is -2.36. The van der Waals surface area contributed by atoms with Crippen molar-refractivity contribution in [3.05, 3.63) is 0 Å². The van der Waals surface area contributed by atoms with Gasteiger partial charge in [-0.25, -0.2) is 0 Å². The second kappa shape index (κ2) is 4.94. The molecule has 3 heteroatoms. The molecule has 1 heterocycles. The van der Waals surface area contributed by atoms with Crippen LogP contribution in [0.3, 0.4) is 0 Å². The number of hydrogen-bond acceptors (Lipinski definition) is 2. The Morgan fingerprint density at radius 1 is 1.50 bits per heavy atom. The molecule has 1 saturated heterocycles. The van der Waals surface area contributed by atoms with Crippen LogP contribution >= 0.6 is 11.6 Å². The molecule has 0 unspecified atom stereocenters. The first kappa shape index (κ1) is 2.61. The molecular formula is C7H14ClNO. The van der Waals surface area contributed by atoms with E-state index in [-0.39, 0.29) is 18.8 Å². The van der Waals surface area contributed by atoms with Crippen molar-refractivity contribution in [3.8, 4) is 0 Å². The summed E-state index contributed by atoms with van der Waals surface area (Å²) in [4.78, 5) is 0.492. The van der Waals surface area contributed by atoms with E-state index in [2.05, 4.69) is 4.74 Å². The molecule has 0 aromatic heterocycles. The summed E-state index contributed by atoms with van der Waals surface area (Å²) >= 11 is 5.46. The van der Waals surface area contributed by atoms with E-state index in [0.717, 1.165) is 0 Å².